The second-order valence-electron chi connectivity index (χ2n) is 5.38. The monoisotopic (exact) mass is 290 g/mol. The zero-order valence-corrected chi connectivity index (χ0v) is 13.2. The smallest absolute Gasteiger partial charge is 0.321 e. The normalized spacial score (nSPS) is 16.5. The van der Waals surface area contributed by atoms with E-state index in [9.17, 15) is 9.59 Å². The van der Waals surface area contributed by atoms with E-state index in [0.29, 0.717) is 0 Å². The van der Waals surface area contributed by atoms with Gasteiger partial charge in [-0.2, -0.15) is 0 Å². The van der Waals surface area contributed by atoms with E-state index in [0.717, 1.165) is 12.8 Å². The molecule has 6 heteroatoms. The van der Waals surface area contributed by atoms with Gasteiger partial charge >= 0.3 is 5.97 Å². The van der Waals surface area contributed by atoms with E-state index in [1.165, 1.54) is 11.8 Å². The van der Waals surface area contributed by atoms with Crippen molar-refractivity contribution in [3.8, 4) is 0 Å². The topological polar surface area (TPSA) is 92.4 Å². The summed E-state index contributed by atoms with van der Waals surface area (Å²) in [6.45, 7) is 9.29. The molecule has 0 radical (unpaired) electrons. The molecule has 112 valence electrons. The van der Waals surface area contributed by atoms with Crippen LogP contribution >= 0.6 is 11.8 Å². The third-order valence-electron chi connectivity index (χ3n) is 2.98. The SMILES string of the molecule is CCCC(C)NC(=O)C(C)SC(C)(C)[C@@H](N)C(=O)O. The van der Waals surface area contributed by atoms with Gasteiger partial charge in [-0.1, -0.05) is 13.3 Å². The van der Waals surface area contributed by atoms with Crippen LogP contribution in [0.2, 0.25) is 0 Å². The van der Waals surface area contributed by atoms with Gasteiger partial charge in [-0.3, -0.25) is 9.59 Å². The van der Waals surface area contributed by atoms with Crippen LogP contribution in [-0.4, -0.2) is 39.1 Å². The van der Waals surface area contributed by atoms with Gasteiger partial charge in [0.2, 0.25) is 5.91 Å². The Labute approximate surface area is 119 Å². The Balaban J connectivity index is 4.47. The van der Waals surface area contributed by atoms with Crippen LogP contribution in [0.5, 0.6) is 0 Å². The number of amides is 1. The molecule has 0 saturated heterocycles. The Bertz CT molecular complexity index is 321. The molecule has 1 amide bonds. The Hall–Kier alpha value is -0.750. The molecule has 0 aliphatic rings. The number of hydrogen-bond donors (Lipinski definition) is 3. The molecule has 0 spiro atoms. The summed E-state index contributed by atoms with van der Waals surface area (Å²) in [4.78, 5) is 22.9. The maximum Gasteiger partial charge on any atom is 0.321 e. The number of rotatable bonds is 8. The first kappa shape index (κ1) is 18.2. The summed E-state index contributed by atoms with van der Waals surface area (Å²) in [5.41, 5.74) is 5.64. The second-order valence-corrected chi connectivity index (χ2v) is 7.37. The van der Waals surface area contributed by atoms with Gasteiger partial charge in [0.1, 0.15) is 6.04 Å². The number of carbonyl (C=O) groups excluding carboxylic acids is 1. The van der Waals surface area contributed by atoms with E-state index in [1.54, 1.807) is 20.8 Å². The molecule has 0 aromatic heterocycles. The van der Waals surface area contributed by atoms with Crippen molar-refractivity contribution in [2.75, 3.05) is 0 Å². The molecule has 0 rings (SSSR count). The van der Waals surface area contributed by atoms with Crippen LogP contribution in [0.3, 0.4) is 0 Å². The van der Waals surface area contributed by atoms with Crippen molar-refractivity contribution in [2.24, 2.45) is 5.73 Å². The molecule has 5 nitrogen and oxygen atoms in total. The van der Waals surface area contributed by atoms with Crippen LogP contribution in [-0.2, 0) is 9.59 Å². The molecule has 0 aromatic rings. The van der Waals surface area contributed by atoms with E-state index in [4.69, 9.17) is 10.8 Å². The molecule has 0 aromatic carbocycles. The van der Waals surface area contributed by atoms with Crippen molar-refractivity contribution in [1.29, 1.82) is 0 Å². The molecular formula is C13H26N2O3S. The van der Waals surface area contributed by atoms with Crippen molar-refractivity contribution in [2.45, 2.75) is 69.5 Å². The molecule has 0 heterocycles. The van der Waals surface area contributed by atoms with Gasteiger partial charge in [-0.05, 0) is 34.1 Å². The first-order valence-electron chi connectivity index (χ1n) is 6.58. The summed E-state index contributed by atoms with van der Waals surface area (Å²) in [5.74, 6) is -1.12. The molecule has 0 bridgehead atoms. The van der Waals surface area contributed by atoms with Crippen LogP contribution in [0.4, 0.5) is 0 Å². The third-order valence-corrected chi connectivity index (χ3v) is 4.40. The predicted molar refractivity (Wildman–Crippen MR) is 79.3 cm³/mol. The first-order chi connectivity index (χ1) is 8.61. The molecule has 0 aliphatic heterocycles. The van der Waals surface area contributed by atoms with Crippen molar-refractivity contribution in [1.82, 2.24) is 5.32 Å². The highest BCUT2D eigenvalue weighted by atomic mass is 32.2. The summed E-state index contributed by atoms with van der Waals surface area (Å²) in [5, 5.41) is 11.5. The van der Waals surface area contributed by atoms with Crippen molar-refractivity contribution in [3.63, 3.8) is 0 Å². The van der Waals surface area contributed by atoms with E-state index >= 15 is 0 Å². The summed E-state index contributed by atoms with van der Waals surface area (Å²) in [6.07, 6.45) is 1.94. The number of nitrogens with one attached hydrogen (secondary N) is 1. The maximum absolute atomic E-state index is 12.0. The second kappa shape index (κ2) is 7.75. The summed E-state index contributed by atoms with van der Waals surface area (Å²) >= 11 is 1.29. The number of thioether (sulfide) groups is 1. The number of nitrogens with two attached hydrogens (primary N) is 1. The van der Waals surface area contributed by atoms with Crippen LogP contribution in [0, 0.1) is 0 Å². The number of aliphatic carboxylic acids is 1. The summed E-state index contributed by atoms with van der Waals surface area (Å²) < 4.78 is -0.698. The van der Waals surface area contributed by atoms with E-state index < -0.39 is 16.8 Å². The maximum atomic E-state index is 12.0. The molecule has 0 aliphatic carbocycles. The highest BCUT2D eigenvalue weighted by Crippen LogP contribution is 2.31. The first-order valence-corrected chi connectivity index (χ1v) is 7.46. The Morgan fingerprint density at radius 1 is 1.37 bits per heavy atom. The lowest BCUT2D eigenvalue weighted by molar-refractivity contribution is -0.139. The highest BCUT2D eigenvalue weighted by molar-refractivity contribution is 8.02. The fraction of sp³-hybridized carbons (Fsp3) is 0.846. The molecule has 3 atom stereocenters. The molecule has 4 N–H and O–H groups in total. The lowest BCUT2D eigenvalue weighted by Gasteiger charge is -2.30. The quantitative estimate of drug-likeness (QED) is 0.631. The average molecular weight is 290 g/mol. The largest absolute Gasteiger partial charge is 0.480 e. The number of carbonyl (C=O) groups is 2. The molecule has 2 unspecified atom stereocenters. The minimum atomic E-state index is -1.05. The van der Waals surface area contributed by atoms with Gasteiger partial charge in [0.15, 0.2) is 0 Å². The Kier molecular flexibility index (Phi) is 7.44. The van der Waals surface area contributed by atoms with Gasteiger partial charge < -0.3 is 16.2 Å². The van der Waals surface area contributed by atoms with E-state index in [1.807, 2.05) is 6.92 Å². The lowest BCUT2D eigenvalue weighted by atomic mass is 10.1. The minimum Gasteiger partial charge on any atom is -0.480 e. The van der Waals surface area contributed by atoms with Gasteiger partial charge in [0.05, 0.1) is 5.25 Å². The van der Waals surface area contributed by atoms with Crippen molar-refractivity contribution >= 4 is 23.6 Å². The van der Waals surface area contributed by atoms with Crippen LogP contribution in [0.1, 0.15) is 47.5 Å². The lowest BCUT2D eigenvalue weighted by Crippen LogP contribution is -2.49. The van der Waals surface area contributed by atoms with Crippen molar-refractivity contribution in [3.05, 3.63) is 0 Å². The number of carboxylic acids is 1. The third kappa shape index (κ3) is 6.29. The highest BCUT2D eigenvalue weighted by Gasteiger charge is 2.35. The van der Waals surface area contributed by atoms with Gasteiger partial charge in [0, 0.05) is 10.8 Å². The van der Waals surface area contributed by atoms with Gasteiger partial charge in [-0.25, -0.2) is 0 Å². The van der Waals surface area contributed by atoms with Crippen LogP contribution < -0.4 is 11.1 Å². The number of hydrogen-bond acceptors (Lipinski definition) is 4. The van der Waals surface area contributed by atoms with Gasteiger partial charge in [0.25, 0.3) is 0 Å². The Morgan fingerprint density at radius 3 is 2.32 bits per heavy atom. The van der Waals surface area contributed by atoms with Gasteiger partial charge in [-0.15, -0.1) is 11.8 Å². The summed E-state index contributed by atoms with van der Waals surface area (Å²) in [7, 11) is 0. The average Bonchev–Trinajstić information content (AvgIpc) is 2.27. The molecule has 0 fully saturated rings. The summed E-state index contributed by atoms with van der Waals surface area (Å²) in [6, 6.07) is -0.863. The Morgan fingerprint density at radius 2 is 1.89 bits per heavy atom. The van der Waals surface area contributed by atoms with E-state index in [-0.39, 0.29) is 17.2 Å². The minimum absolute atomic E-state index is 0.0726. The zero-order valence-electron chi connectivity index (χ0n) is 12.4. The van der Waals surface area contributed by atoms with Crippen LogP contribution in [0.25, 0.3) is 0 Å². The predicted octanol–water partition coefficient (Wildman–Crippen LogP) is 1.60. The molecular weight excluding hydrogens is 264 g/mol. The zero-order chi connectivity index (χ0) is 15.2. The van der Waals surface area contributed by atoms with Crippen LogP contribution in [0.15, 0.2) is 0 Å². The number of carboxylic acid groups (broad SMARTS) is 1. The van der Waals surface area contributed by atoms with Crippen molar-refractivity contribution < 1.29 is 14.7 Å². The standard InChI is InChI=1S/C13H26N2O3S/c1-6-7-8(2)15-11(16)9(3)19-13(4,5)10(14)12(17)18/h8-10H,6-7,14H2,1-5H3,(H,15,16)(H,17,18)/t8?,9?,10-/m0/s1. The fourth-order valence-electron chi connectivity index (χ4n) is 1.75. The molecule has 19 heavy (non-hydrogen) atoms. The van der Waals surface area contributed by atoms with E-state index in [2.05, 4.69) is 12.2 Å². The fourth-order valence-corrected chi connectivity index (χ4v) is 3.08. The molecule has 0 saturated carbocycles.